The molecular weight excluding hydrogens is 463 g/mol. The van der Waals surface area contributed by atoms with Gasteiger partial charge in [0.05, 0.1) is 11.3 Å². The first-order valence-electron chi connectivity index (χ1n) is 11.0. The summed E-state index contributed by atoms with van der Waals surface area (Å²) >= 11 is 0. The lowest BCUT2D eigenvalue weighted by Gasteiger charge is -2.26. The fourth-order valence-corrected chi connectivity index (χ4v) is 3.67. The number of hydrogen-bond acceptors (Lipinski definition) is 8. The monoisotopic (exact) mass is 491 g/mol. The maximum Gasteiger partial charge on any atom is 0.407 e. The standard InChI is InChI=1S/C23H28F3N7O2/c1-14-29-19(9-20(30-14)33-8-7-16(12-33)22(2,3)35)32-21(34)18-6-4-5-17(31-18)15(10-27)11-28-13-23(24,25)26/h4-6,9-11,16,35H,7-8,12-13,27H2,1-3H3,(H,29,30,32,34)/b15-10+,28-11?. The highest BCUT2D eigenvalue weighted by Gasteiger charge is 2.34. The molecule has 35 heavy (non-hydrogen) atoms. The van der Waals surface area contributed by atoms with Crippen LogP contribution in [0.2, 0.25) is 0 Å². The Hall–Kier alpha value is -3.54. The third-order valence-corrected chi connectivity index (χ3v) is 5.54. The Kier molecular flexibility index (Phi) is 7.73. The van der Waals surface area contributed by atoms with E-state index in [-0.39, 0.29) is 28.7 Å². The fraction of sp³-hybridized carbons (Fsp3) is 0.435. The summed E-state index contributed by atoms with van der Waals surface area (Å²) in [5.74, 6) is 0.899. The minimum Gasteiger partial charge on any atom is -0.404 e. The molecule has 0 saturated carbocycles. The molecule has 1 fully saturated rings. The Bertz CT molecular complexity index is 1130. The van der Waals surface area contributed by atoms with Crippen LogP contribution in [-0.2, 0) is 0 Å². The van der Waals surface area contributed by atoms with E-state index in [0.29, 0.717) is 24.7 Å². The van der Waals surface area contributed by atoms with Crippen LogP contribution in [-0.4, -0.2) is 63.6 Å². The summed E-state index contributed by atoms with van der Waals surface area (Å²) in [6.45, 7) is 5.26. The molecule has 2 aromatic rings. The van der Waals surface area contributed by atoms with E-state index in [9.17, 15) is 23.1 Å². The number of carbonyl (C=O) groups excluding carboxylic acids is 1. The number of halogens is 3. The van der Waals surface area contributed by atoms with Gasteiger partial charge in [0.15, 0.2) is 0 Å². The van der Waals surface area contributed by atoms with E-state index in [1.54, 1.807) is 26.8 Å². The number of hydrogen-bond donors (Lipinski definition) is 3. The van der Waals surface area contributed by atoms with Gasteiger partial charge in [-0.3, -0.25) is 9.79 Å². The number of nitrogens with two attached hydrogens (primary N) is 1. The second kappa shape index (κ2) is 10.4. The second-order valence-corrected chi connectivity index (χ2v) is 8.81. The molecular formula is C23H28F3N7O2. The van der Waals surface area contributed by atoms with Crippen molar-refractivity contribution in [2.24, 2.45) is 16.6 Å². The summed E-state index contributed by atoms with van der Waals surface area (Å²) < 4.78 is 37.1. The van der Waals surface area contributed by atoms with Gasteiger partial charge in [0.2, 0.25) is 0 Å². The zero-order valence-electron chi connectivity index (χ0n) is 19.7. The summed E-state index contributed by atoms with van der Waals surface area (Å²) in [6.07, 6.45) is -1.59. The number of nitrogens with one attached hydrogen (secondary N) is 1. The molecule has 188 valence electrons. The molecule has 0 radical (unpaired) electrons. The molecule has 12 heteroatoms. The minimum atomic E-state index is -4.44. The molecule has 0 aromatic carbocycles. The number of alkyl halides is 3. The molecule has 2 aromatic heterocycles. The lowest BCUT2D eigenvalue weighted by atomic mass is 9.90. The van der Waals surface area contributed by atoms with Gasteiger partial charge in [0, 0.05) is 43.1 Å². The van der Waals surface area contributed by atoms with Crippen LogP contribution in [0.5, 0.6) is 0 Å². The first-order chi connectivity index (χ1) is 16.4. The SMILES string of the molecule is Cc1nc(NC(=O)c2cccc(/C(C=NCC(F)(F)F)=C/N)n2)cc(N2CCC(C(C)(C)O)C2)n1. The molecule has 0 aliphatic carbocycles. The van der Waals surface area contributed by atoms with Crippen molar-refractivity contribution < 1.29 is 23.1 Å². The fourth-order valence-electron chi connectivity index (χ4n) is 3.67. The molecule has 1 atom stereocenters. The molecule has 1 saturated heterocycles. The van der Waals surface area contributed by atoms with E-state index in [2.05, 4.69) is 25.3 Å². The number of aromatic nitrogens is 3. The number of nitrogens with zero attached hydrogens (tertiary/aromatic N) is 5. The maximum absolute atomic E-state index is 12.8. The first-order valence-corrected chi connectivity index (χ1v) is 11.0. The van der Waals surface area contributed by atoms with Crippen LogP contribution in [0.15, 0.2) is 35.5 Å². The molecule has 3 rings (SSSR count). The number of pyridine rings is 1. The molecule has 9 nitrogen and oxygen atoms in total. The highest BCUT2D eigenvalue weighted by atomic mass is 19.4. The lowest BCUT2D eigenvalue weighted by molar-refractivity contribution is -0.118. The van der Waals surface area contributed by atoms with Gasteiger partial charge in [-0.25, -0.2) is 15.0 Å². The van der Waals surface area contributed by atoms with Crippen LogP contribution in [0.3, 0.4) is 0 Å². The van der Waals surface area contributed by atoms with Crippen LogP contribution in [0.25, 0.3) is 5.57 Å². The van der Waals surface area contributed by atoms with Gasteiger partial charge >= 0.3 is 6.18 Å². The van der Waals surface area contributed by atoms with E-state index in [4.69, 9.17) is 5.73 Å². The van der Waals surface area contributed by atoms with Gasteiger partial charge in [-0.2, -0.15) is 13.2 Å². The number of aliphatic imine (C=N–C) groups is 1. The van der Waals surface area contributed by atoms with E-state index in [1.165, 1.54) is 18.2 Å². The van der Waals surface area contributed by atoms with Crippen molar-refractivity contribution in [3.8, 4) is 0 Å². The molecule has 0 bridgehead atoms. The summed E-state index contributed by atoms with van der Waals surface area (Å²) in [5, 5.41) is 13.0. The molecule has 1 aliphatic rings. The summed E-state index contributed by atoms with van der Waals surface area (Å²) in [6, 6.07) is 6.16. The Morgan fingerprint density at radius 3 is 2.63 bits per heavy atom. The van der Waals surface area contributed by atoms with Gasteiger partial charge < -0.3 is 21.1 Å². The lowest BCUT2D eigenvalue weighted by Crippen LogP contribution is -2.33. The Labute approximate surface area is 201 Å². The van der Waals surface area contributed by atoms with E-state index >= 15 is 0 Å². The van der Waals surface area contributed by atoms with E-state index in [1.807, 2.05) is 4.90 Å². The average molecular weight is 492 g/mol. The van der Waals surface area contributed by atoms with Gasteiger partial charge in [-0.15, -0.1) is 0 Å². The van der Waals surface area contributed by atoms with E-state index < -0.39 is 24.2 Å². The predicted molar refractivity (Wildman–Crippen MR) is 127 cm³/mol. The van der Waals surface area contributed by atoms with Crippen LogP contribution in [0, 0.1) is 12.8 Å². The van der Waals surface area contributed by atoms with Crippen LogP contribution >= 0.6 is 0 Å². The predicted octanol–water partition coefficient (Wildman–Crippen LogP) is 2.96. The highest BCUT2D eigenvalue weighted by Crippen LogP contribution is 2.30. The van der Waals surface area contributed by atoms with Crippen molar-refractivity contribution in [2.45, 2.75) is 39.0 Å². The number of anilines is 2. The summed E-state index contributed by atoms with van der Waals surface area (Å²) in [5.41, 5.74) is 5.07. The molecule has 4 N–H and O–H groups in total. The third-order valence-electron chi connectivity index (χ3n) is 5.54. The van der Waals surface area contributed by atoms with Gasteiger partial charge in [-0.05, 0) is 39.3 Å². The maximum atomic E-state index is 12.8. The van der Waals surface area contributed by atoms with Crippen molar-refractivity contribution in [3.63, 3.8) is 0 Å². The number of carbonyl (C=O) groups is 1. The third kappa shape index (κ3) is 7.22. The van der Waals surface area contributed by atoms with Gasteiger partial charge in [0.1, 0.15) is 29.7 Å². The van der Waals surface area contributed by atoms with Crippen LogP contribution < -0.4 is 16.0 Å². The van der Waals surface area contributed by atoms with Crippen LogP contribution in [0.4, 0.5) is 24.8 Å². The largest absolute Gasteiger partial charge is 0.407 e. The van der Waals surface area contributed by atoms with Crippen molar-refractivity contribution in [3.05, 3.63) is 47.7 Å². The zero-order valence-corrected chi connectivity index (χ0v) is 19.7. The van der Waals surface area contributed by atoms with Gasteiger partial charge in [-0.1, -0.05) is 6.07 Å². The molecule has 1 aliphatic heterocycles. The Morgan fingerprint density at radius 1 is 1.29 bits per heavy atom. The number of amides is 1. The van der Waals surface area contributed by atoms with E-state index in [0.717, 1.165) is 18.8 Å². The Balaban J connectivity index is 1.75. The minimum absolute atomic E-state index is 0.0205. The van der Waals surface area contributed by atoms with Crippen LogP contribution in [0.1, 0.15) is 42.3 Å². The quantitative estimate of drug-likeness (QED) is 0.508. The molecule has 3 heterocycles. The van der Waals surface area contributed by atoms with Crippen molar-refractivity contribution in [2.75, 3.05) is 29.9 Å². The highest BCUT2D eigenvalue weighted by molar-refractivity contribution is 6.09. The second-order valence-electron chi connectivity index (χ2n) is 8.81. The van der Waals surface area contributed by atoms with Crippen molar-refractivity contribution in [1.29, 1.82) is 0 Å². The smallest absolute Gasteiger partial charge is 0.404 e. The van der Waals surface area contributed by atoms with Gasteiger partial charge in [0.25, 0.3) is 5.91 Å². The normalized spacial score (nSPS) is 17.3. The van der Waals surface area contributed by atoms with Crippen molar-refractivity contribution in [1.82, 2.24) is 15.0 Å². The summed E-state index contributed by atoms with van der Waals surface area (Å²) in [7, 11) is 0. The zero-order chi connectivity index (χ0) is 25.8. The topological polar surface area (TPSA) is 130 Å². The summed E-state index contributed by atoms with van der Waals surface area (Å²) in [4.78, 5) is 31.1. The number of rotatable bonds is 7. The molecule has 1 amide bonds. The molecule has 0 spiro atoms. The number of aryl methyl sites for hydroxylation is 1. The van der Waals surface area contributed by atoms with Crippen molar-refractivity contribution >= 4 is 29.3 Å². The number of allylic oxidation sites excluding steroid dienone is 1. The average Bonchev–Trinajstić information content (AvgIpc) is 3.27. The Morgan fingerprint density at radius 2 is 2.00 bits per heavy atom. The molecule has 1 unspecified atom stereocenters. The number of aliphatic hydroxyl groups is 1. The first kappa shape index (κ1) is 26.1.